The Hall–Kier alpha value is -0.620. The minimum absolute atomic E-state index is 0. The first-order valence-electron chi connectivity index (χ1n) is 6.99. The Kier molecular flexibility index (Phi) is 10.7. The minimum Gasteiger partial charge on any atom is -0.357 e. The van der Waals surface area contributed by atoms with Crippen LogP contribution in [0.1, 0.15) is 16.8 Å². The van der Waals surface area contributed by atoms with Crippen LogP contribution in [-0.4, -0.2) is 55.2 Å². The summed E-state index contributed by atoms with van der Waals surface area (Å²) in [6, 6.07) is 0. The molecule has 0 spiro atoms. The topological polar surface area (TPSA) is 52.6 Å². The zero-order chi connectivity index (χ0) is 16.6. The number of aliphatic imine (C=N–C) groups is 1. The predicted molar refractivity (Wildman–Crippen MR) is 98.6 cm³/mol. The molecule has 0 bridgehead atoms. The molecule has 0 amide bonds. The van der Waals surface area contributed by atoms with Crippen molar-refractivity contribution in [3.05, 3.63) is 16.1 Å². The lowest BCUT2D eigenvalue weighted by Crippen LogP contribution is -2.42. The summed E-state index contributed by atoms with van der Waals surface area (Å²) in [6.45, 7) is 4.79. The van der Waals surface area contributed by atoms with Gasteiger partial charge in [0, 0.05) is 30.7 Å². The second-order valence-corrected chi connectivity index (χ2v) is 6.16. The highest BCUT2D eigenvalue weighted by atomic mass is 127. The number of halogens is 4. The molecule has 134 valence electrons. The first kappa shape index (κ1) is 22.4. The number of hydrogen-bond acceptors (Lipinski definition) is 4. The Balaban J connectivity index is 0.00000484. The van der Waals surface area contributed by atoms with Crippen LogP contribution in [0.25, 0.3) is 0 Å². The minimum atomic E-state index is -4.17. The van der Waals surface area contributed by atoms with Gasteiger partial charge in [0.15, 0.2) is 5.96 Å². The highest BCUT2D eigenvalue weighted by Gasteiger charge is 2.28. The average molecular weight is 465 g/mol. The van der Waals surface area contributed by atoms with Gasteiger partial charge in [-0.05, 0) is 20.9 Å². The Bertz CT molecular complexity index is 478. The van der Waals surface area contributed by atoms with Crippen molar-refractivity contribution in [2.24, 2.45) is 4.99 Å². The number of hydrogen-bond donors (Lipinski definition) is 2. The monoisotopic (exact) mass is 465 g/mol. The van der Waals surface area contributed by atoms with Gasteiger partial charge in [-0.25, -0.2) is 9.98 Å². The molecule has 1 heterocycles. The van der Waals surface area contributed by atoms with E-state index in [1.54, 1.807) is 17.5 Å². The molecule has 10 heteroatoms. The largest absolute Gasteiger partial charge is 0.401 e. The van der Waals surface area contributed by atoms with Crippen molar-refractivity contribution in [3.63, 3.8) is 0 Å². The van der Waals surface area contributed by atoms with E-state index in [2.05, 4.69) is 20.6 Å². The molecular formula is C13H23F3IN5S. The lowest BCUT2D eigenvalue weighted by molar-refractivity contribution is -0.142. The number of guanidine groups is 1. The normalized spacial score (nSPS) is 12.2. The van der Waals surface area contributed by atoms with Crippen LogP contribution in [0.2, 0.25) is 0 Å². The summed E-state index contributed by atoms with van der Waals surface area (Å²) in [7, 11) is 1.44. The second-order valence-electron chi connectivity index (χ2n) is 4.84. The highest BCUT2D eigenvalue weighted by molar-refractivity contribution is 14.0. The van der Waals surface area contributed by atoms with Gasteiger partial charge in [0.25, 0.3) is 0 Å². The van der Waals surface area contributed by atoms with Gasteiger partial charge in [-0.3, -0.25) is 4.90 Å². The fourth-order valence-corrected chi connectivity index (χ4v) is 2.42. The fraction of sp³-hybridized carbons (Fsp3) is 0.692. The van der Waals surface area contributed by atoms with Crippen LogP contribution in [-0.2, 0) is 6.54 Å². The number of alkyl halides is 3. The smallest absolute Gasteiger partial charge is 0.357 e. The van der Waals surface area contributed by atoms with Crippen molar-refractivity contribution in [3.8, 4) is 0 Å². The molecule has 2 N–H and O–H groups in total. The van der Waals surface area contributed by atoms with Crippen LogP contribution in [0.15, 0.2) is 11.2 Å². The number of aryl methyl sites for hydroxylation is 1. The molecule has 0 aliphatic carbocycles. The van der Waals surface area contributed by atoms with E-state index in [1.165, 1.54) is 11.9 Å². The zero-order valence-electron chi connectivity index (χ0n) is 13.4. The summed E-state index contributed by atoms with van der Waals surface area (Å²) in [5, 5.41) is 6.98. The SMILES string of the molecule is CCNC(=NCc1ncc(C)s1)NCCN(C)CC(F)(F)F.I. The molecule has 0 aliphatic rings. The molecule has 5 nitrogen and oxygen atoms in total. The van der Waals surface area contributed by atoms with Crippen molar-refractivity contribution < 1.29 is 13.2 Å². The van der Waals surface area contributed by atoms with E-state index >= 15 is 0 Å². The van der Waals surface area contributed by atoms with Gasteiger partial charge in [-0.2, -0.15) is 13.2 Å². The van der Waals surface area contributed by atoms with Crippen LogP contribution in [0, 0.1) is 6.92 Å². The van der Waals surface area contributed by atoms with Crippen LogP contribution in [0.4, 0.5) is 13.2 Å². The molecule has 0 atom stereocenters. The van der Waals surface area contributed by atoms with Crippen molar-refractivity contribution >= 4 is 41.3 Å². The Morgan fingerprint density at radius 1 is 1.39 bits per heavy atom. The molecule has 0 unspecified atom stereocenters. The lowest BCUT2D eigenvalue weighted by Gasteiger charge is -2.19. The molecule has 0 aromatic carbocycles. The van der Waals surface area contributed by atoms with Gasteiger partial charge < -0.3 is 10.6 Å². The third kappa shape index (κ3) is 10.7. The van der Waals surface area contributed by atoms with Crippen LogP contribution in [0.5, 0.6) is 0 Å². The maximum absolute atomic E-state index is 12.2. The summed E-state index contributed by atoms with van der Waals surface area (Å²) in [5.41, 5.74) is 0. The third-order valence-corrected chi connectivity index (χ3v) is 3.52. The molecule has 1 rings (SSSR count). The van der Waals surface area contributed by atoms with Crippen molar-refractivity contribution in [2.75, 3.05) is 33.2 Å². The van der Waals surface area contributed by atoms with E-state index in [9.17, 15) is 13.2 Å². The summed E-state index contributed by atoms with van der Waals surface area (Å²) in [4.78, 5) is 10.9. The maximum Gasteiger partial charge on any atom is 0.401 e. The summed E-state index contributed by atoms with van der Waals surface area (Å²) in [5.74, 6) is 0.579. The molecule has 0 saturated heterocycles. The third-order valence-electron chi connectivity index (χ3n) is 2.62. The molecule has 0 fully saturated rings. The average Bonchev–Trinajstić information content (AvgIpc) is 2.79. The Morgan fingerprint density at radius 3 is 2.61 bits per heavy atom. The van der Waals surface area contributed by atoms with Gasteiger partial charge in [0.05, 0.1) is 13.1 Å². The summed E-state index contributed by atoms with van der Waals surface area (Å²) >= 11 is 1.58. The number of nitrogens with one attached hydrogen (secondary N) is 2. The maximum atomic E-state index is 12.2. The summed E-state index contributed by atoms with van der Waals surface area (Å²) < 4.78 is 36.7. The van der Waals surface area contributed by atoms with Crippen LogP contribution in [0.3, 0.4) is 0 Å². The molecule has 0 aliphatic heterocycles. The van der Waals surface area contributed by atoms with E-state index in [0.717, 1.165) is 9.88 Å². The molecule has 0 saturated carbocycles. The number of aromatic nitrogens is 1. The second kappa shape index (κ2) is 11.0. The Morgan fingerprint density at radius 2 is 2.09 bits per heavy atom. The molecule has 1 aromatic rings. The van der Waals surface area contributed by atoms with Crippen molar-refractivity contribution in [1.29, 1.82) is 0 Å². The van der Waals surface area contributed by atoms with Gasteiger partial charge in [0.1, 0.15) is 5.01 Å². The van der Waals surface area contributed by atoms with Gasteiger partial charge in [-0.15, -0.1) is 35.3 Å². The van der Waals surface area contributed by atoms with Crippen molar-refractivity contribution in [2.45, 2.75) is 26.6 Å². The predicted octanol–water partition coefficient (Wildman–Crippen LogP) is 2.62. The Labute approximate surface area is 155 Å². The number of thiazole rings is 1. The van der Waals surface area contributed by atoms with Crippen LogP contribution >= 0.6 is 35.3 Å². The van der Waals surface area contributed by atoms with E-state index < -0.39 is 12.7 Å². The van der Waals surface area contributed by atoms with Crippen LogP contribution < -0.4 is 10.6 Å². The highest BCUT2D eigenvalue weighted by Crippen LogP contribution is 2.15. The number of likely N-dealkylation sites (N-methyl/N-ethyl adjacent to an activating group) is 1. The molecule has 1 aromatic heterocycles. The summed E-state index contributed by atoms with van der Waals surface area (Å²) in [6.07, 6.45) is -2.38. The molecule has 0 radical (unpaired) electrons. The lowest BCUT2D eigenvalue weighted by atomic mass is 10.5. The fourth-order valence-electron chi connectivity index (χ4n) is 1.71. The number of rotatable bonds is 7. The van der Waals surface area contributed by atoms with E-state index in [0.29, 0.717) is 25.6 Å². The van der Waals surface area contributed by atoms with Crippen molar-refractivity contribution in [1.82, 2.24) is 20.5 Å². The van der Waals surface area contributed by atoms with Gasteiger partial charge >= 0.3 is 6.18 Å². The van der Waals surface area contributed by atoms with E-state index in [4.69, 9.17) is 0 Å². The molecule has 23 heavy (non-hydrogen) atoms. The number of nitrogens with zero attached hydrogens (tertiary/aromatic N) is 3. The van der Waals surface area contributed by atoms with E-state index in [-0.39, 0.29) is 30.5 Å². The zero-order valence-corrected chi connectivity index (χ0v) is 16.6. The van der Waals surface area contributed by atoms with Gasteiger partial charge in [-0.1, -0.05) is 0 Å². The quantitative estimate of drug-likeness (QED) is 0.370. The first-order valence-corrected chi connectivity index (χ1v) is 7.80. The molecular weight excluding hydrogens is 442 g/mol. The van der Waals surface area contributed by atoms with E-state index in [1.807, 2.05) is 13.8 Å². The standard InChI is InChI=1S/C13H22F3N5S.HI/c1-4-17-12(20-8-11-19-7-10(2)22-11)18-5-6-21(3)9-13(14,15)16;/h7H,4-6,8-9H2,1-3H3,(H2,17,18,20);1H. The van der Waals surface area contributed by atoms with Gasteiger partial charge in [0.2, 0.25) is 0 Å². The first-order chi connectivity index (χ1) is 10.3.